The number of hydrogen-bond acceptors (Lipinski definition) is 5. The van der Waals surface area contributed by atoms with Crippen molar-refractivity contribution in [3.63, 3.8) is 0 Å². The molecule has 0 fully saturated rings. The van der Waals surface area contributed by atoms with Gasteiger partial charge in [0.1, 0.15) is 29.6 Å². The van der Waals surface area contributed by atoms with E-state index in [9.17, 15) is 19.2 Å². The second kappa shape index (κ2) is 8.04. The SMILES string of the molecule is CCOC(=O)Cn1cc(/C=C(\C#N)C(=O)OC(C)(C)C)c2c(F)cccc21. The summed E-state index contributed by atoms with van der Waals surface area (Å²) in [7, 11) is 0. The fourth-order valence-corrected chi connectivity index (χ4v) is 2.55. The van der Waals surface area contributed by atoms with Crippen LogP contribution in [0.2, 0.25) is 0 Å². The van der Waals surface area contributed by atoms with E-state index in [4.69, 9.17) is 9.47 Å². The zero-order valence-corrected chi connectivity index (χ0v) is 15.7. The number of carbonyl (C=O) groups is 2. The Morgan fingerprint density at radius 2 is 2.04 bits per heavy atom. The predicted octanol–water partition coefficient (Wildman–Crippen LogP) is 3.59. The zero-order chi connectivity index (χ0) is 20.2. The summed E-state index contributed by atoms with van der Waals surface area (Å²) in [4.78, 5) is 24.0. The lowest BCUT2D eigenvalue weighted by Crippen LogP contribution is -2.24. The minimum atomic E-state index is -0.798. The third-order valence-electron chi connectivity index (χ3n) is 3.53. The van der Waals surface area contributed by atoms with E-state index in [1.807, 2.05) is 0 Å². The van der Waals surface area contributed by atoms with Gasteiger partial charge >= 0.3 is 11.9 Å². The molecule has 7 heteroatoms. The van der Waals surface area contributed by atoms with E-state index in [1.54, 1.807) is 39.8 Å². The van der Waals surface area contributed by atoms with Crippen molar-refractivity contribution in [3.05, 3.63) is 41.3 Å². The molecule has 0 unspecified atom stereocenters. The van der Waals surface area contributed by atoms with Crippen LogP contribution < -0.4 is 0 Å². The number of ether oxygens (including phenoxy) is 2. The molecule has 1 heterocycles. The third-order valence-corrected chi connectivity index (χ3v) is 3.53. The van der Waals surface area contributed by atoms with E-state index < -0.39 is 23.4 Å². The molecule has 142 valence electrons. The zero-order valence-electron chi connectivity index (χ0n) is 15.7. The summed E-state index contributed by atoms with van der Waals surface area (Å²) in [5, 5.41) is 9.53. The highest BCUT2D eigenvalue weighted by Gasteiger charge is 2.21. The number of aromatic nitrogens is 1. The van der Waals surface area contributed by atoms with Crippen LogP contribution in [-0.4, -0.2) is 28.7 Å². The van der Waals surface area contributed by atoms with Gasteiger partial charge in [-0.3, -0.25) is 4.79 Å². The van der Waals surface area contributed by atoms with Crippen molar-refractivity contribution in [3.8, 4) is 6.07 Å². The highest BCUT2D eigenvalue weighted by Crippen LogP contribution is 2.27. The van der Waals surface area contributed by atoms with Gasteiger partial charge in [0.15, 0.2) is 0 Å². The molecule has 0 aliphatic rings. The molecule has 6 nitrogen and oxygen atoms in total. The van der Waals surface area contributed by atoms with Gasteiger partial charge in [-0.2, -0.15) is 5.26 Å². The Morgan fingerprint density at radius 3 is 2.63 bits per heavy atom. The van der Waals surface area contributed by atoms with E-state index in [2.05, 4.69) is 0 Å². The third kappa shape index (κ3) is 4.94. The minimum absolute atomic E-state index is 0.115. The van der Waals surface area contributed by atoms with Crippen LogP contribution in [0.3, 0.4) is 0 Å². The summed E-state index contributed by atoms with van der Waals surface area (Å²) in [6, 6.07) is 6.23. The Balaban J connectivity index is 2.53. The molecule has 0 aliphatic heterocycles. The Morgan fingerprint density at radius 1 is 1.33 bits per heavy atom. The topological polar surface area (TPSA) is 81.3 Å². The average Bonchev–Trinajstić information content (AvgIpc) is 2.90. The summed E-state index contributed by atoms with van der Waals surface area (Å²) in [5.41, 5.74) is -0.273. The van der Waals surface area contributed by atoms with Crippen LogP contribution >= 0.6 is 0 Å². The number of benzene rings is 1. The molecular weight excluding hydrogens is 351 g/mol. The first-order chi connectivity index (χ1) is 12.7. The Kier molecular flexibility index (Phi) is 6.01. The molecule has 1 aromatic carbocycles. The first kappa shape index (κ1) is 20.2. The molecule has 0 aliphatic carbocycles. The highest BCUT2D eigenvalue weighted by atomic mass is 19.1. The number of nitrogens with zero attached hydrogens (tertiary/aromatic N) is 2. The largest absolute Gasteiger partial charge is 0.465 e. The van der Waals surface area contributed by atoms with E-state index in [0.29, 0.717) is 11.1 Å². The van der Waals surface area contributed by atoms with Gasteiger partial charge in [-0.15, -0.1) is 0 Å². The standard InChI is InChI=1S/C20H21FN2O4/c1-5-26-17(24)12-23-11-14(18-15(21)7-6-8-16(18)23)9-13(10-22)19(25)27-20(2,3)4/h6-9,11H,5,12H2,1-4H3/b13-9+. The number of hydrogen-bond donors (Lipinski definition) is 0. The van der Waals surface area contributed by atoms with Gasteiger partial charge in [0.25, 0.3) is 0 Å². The number of esters is 2. The fraction of sp³-hybridized carbons (Fsp3) is 0.350. The monoisotopic (exact) mass is 372 g/mol. The molecule has 0 N–H and O–H groups in total. The molecule has 0 saturated carbocycles. The van der Waals surface area contributed by atoms with Crippen molar-refractivity contribution in [2.75, 3.05) is 6.61 Å². The first-order valence-corrected chi connectivity index (χ1v) is 8.44. The van der Waals surface area contributed by atoms with Crippen molar-refractivity contribution < 1.29 is 23.5 Å². The van der Waals surface area contributed by atoms with Crippen LogP contribution in [0, 0.1) is 17.1 Å². The lowest BCUT2D eigenvalue weighted by molar-refractivity contribution is -0.149. The van der Waals surface area contributed by atoms with Crippen molar-refractivity contribution >= 4 is 28.9 Å². The molecule has 2 aromatic rings. The van der Waals surface area contributed by atoms with Gasteiger partial charge in [-0.1, -0.05) is 6.07 Å². The lowest BCUT2D eigenvalue weighted by Gasteiger charge is -2.18. The number of carbonyl (C=O) groups excluding carboxylic acids is 2. The van der Waals surface area contributed by atoms with Gasteiger partial charge in [-0.25, -0.2) is 9.18 Å². The Labute approximate surface area is 156 Å². The van der Waals surface area contributed by atoms with Crippen molar-refractivity contribution in [2.24, 2.45) is 0 Å². The van der Waals surface area contributed by atoms with Crippen LogP contribution in [0.25, 0.3) is 17.0 Å². The Hall–Kier alpha value is -3.14. The number of nitriles is 1. The van der Waals surface area contributed by atoms with Gasteiger partial charge in [-0.05, 0) is 45.9 Å². The molecule has 0 spiro atoms. The molecule has 0 amide bonds. The molecule has 0 bridgehead atoms. The van der Waals surface area contributed by atoms with Crippen LogP contribution in [0.1, 0.15) is 33.3 Å². The summed E-state index contributed by atoms with van der Waals surface area (Å²) in [6.07, 6.45) is 2.77. The second-order valence-electron chi connectivity index (χ2n) is 6.82. The van der Waals surface area contributed by atoms with Crippen molar-refractivity contribution in [2.45, 2.75) is 39.8 Å². The average molecular weight is 372 g/mol. The summed E-state index contributed by atoms with van der Waals surface area (Å²) >= 11 is 0. The minimum Gasteiger partial charge on any atom is -0.465 e. The van der Waals surface area contributed by atoms with Crippen molar-refractivity contribution in [1.82, 2.24) is 4.57 Å². The van der Waals surface area contributed by atoms with Gasteiger partial charge < -0.3 is 14.0 Å². The molecule has 2 rings (SSSR count). The van der Waals surface area contributed by atoms with Crippen LogP contribution in [0.4, 0.5) is 4.39 Å². The lowest BCUT2D eigenvalue weighted by atomic mass is 10.1. The Bertz CT molecular complexity index is 945. The second-order valence-corrected chi connectivity index (χ2v) is 6.82. The van der Waals surface area contributed by atoms with E-state index >= 15 is 0 Å². The summed E-state index contributed by atoms with van der Waals surface area (Å²) in [5.74, 6) is -1.79. The number of halogens is 1. The van der Waals surface area contributed by atoms with E-state index in [0.717, 1.165) is 0 Å². The van der Waals surface area contributed by atoms with Crippen LogP contribution in [0.5, 0.6) is 0 Å². The molecular formula is C20H21FN2O4. The fourth-order valence-electron chi connectivity index (χ4n) is 2.55. The summed E-state index contributed by atoms with van der Waals surface area (Å²) < 4.78 is 26.1. The predicted molar refractivity (Wildman–Crippen MR) is 98.0 cm³/mol. The van der Waals surface area contributed by atoms with Crippen molar-refractivity contribution in [1.29, 1.82) is 5.26 Å². The normalized spacial score (nSPS) is 11.9. The molecule has 0 atom stereocenters. The number of fused-ring (bicyclic) bond motifs is 1. The smallest absolute Gasteiger partial charge is 0.349 e. The van der Waals surface area contributed by atoms with Crippen LogP contribution in [0.15, 0.2) is 30.0 Å². The maximum absolute atomic E-state index is 14.4. The first-order valence-electron chi connectivity index (χ1n) is 8.44. The van der Waals surface area contributed by atoms with Gasteiger partial charge in [0.2, 0.25) is 0 Å². The van der Waals surface area contributed by atoms with Crippen LogP contribution in [-0.2, 0) is 25.6 Å². The van der Waals surface area contributed by atoms with E-state index in [1.165, 1.54) is 29.0 Å². The number of rotatable bonds is 5. The van der Waals surface area contributed by atoms with Gasteiger partial charge in [0.05, 0.1) is 12.1 Å². The quantitative estimate of drug-likeness (QED) is 0.455. The van der Waals surface area contributed by atoms with Gasteiger partial charge in [0, 0.05) is 17.1 Å². The molecule has 0 saturated heterocycles. The summed E-state index contributed by atoms with van der Waals surface area (Å²) in [6.45, 7) is 6.87. The molecule has 27 heavy (non-hydrogen) atoms. The van der Waals surface area contributed by atoms with E-state index in [-0.39, 0.29) is 24.1 Å². The maximum atomic E-state index is 14.4. The maximum Gasteiger partial charge on any atom is 0.349 e. The molecule has 0 radical (unpaired) electrons. The highest BCUT2D eigenvalue weighted by molar-refractivity contribution is 6.01. The molecule has 1 aromatic heterocycles.